The van der Waals surface area contributed by atoms with Crippen molar-refractivity contribution in [2.45, 2.75) is 17.7 Å². The van der Waals surface area contributed by atoms with Gasteiger partial charge in [-0.25, -0.2) is 8.42 Å². The summed E-state index contributed by atoms with van der Waals surface area (Å²) in [4.78, 5) is 12.3. The molecule has 0 aromatic heterocycles. The second-order valence-electron chi connectivity index (χ2n) is 4.26. The molecular weight excluding hydrogens is 248 g/mol. The van der Waals surface area contributed by atoms with E-state index in [2.05, 4.69) is 0 Å². The van der Waals surface area contributed by atoms with E-state index >= 15 is 0 Å². The van der Waals surface area contributed by atoms with Crippen LogP contribution in [0.4, 0.5) is 0 Å². The van der Waals surface area contributed by atoms with Gasteiger partial charge >= 0.3 is 0 Å². The van der Waals surface area contributed by atoms with E-state index in [1.165, 1.54) is 12.1 Å². The number of allylic oxidation sites excluding steroid dienone is 4. The number of sulfone groups is 1. The molecule has 2 rings (SSSR count). The third-order valence-electron chi connectivity index (χ3n) is 2.80. The molecule has 94 valence electrons. The molecule has 0 radical (unpaired) electrons. The van der Waals surface area contributed by atoms with E-state index in [-0.39, 0.29) is 10.7 Å². The van der Waals surface area contributed by atoms with Crippen LogP contribution in [0.15, 0.2) is 53.0 Å². The highest BCUT2D eigenvalue weighted by molar-refractivity contribution is 7.90. The fourth-order valence-corrected chi connectivity index (χ4v) is 2.43. The van der Waals surface area contributed by atoms with Crippen LogP contribution < -0.4 is 0 Å². The van der Waals surface area contributed by atoms with Crippen LogP contribution in [0, 0.1) is 0 Å². The quantitative estimate of drug-likeness (QED) is 0.787. The second kappa shape index (κ2) is 4.90. The summed E-state index contributed by atoms with van der Waals surface area (Å²) >= 11 is 0. The smallest absolute Gasteiger partial charge is 0.192 e. The van der Waals surface area contributed by atoms with Crippen molar-refractivity contribution < 1.29 is 13.2 Å². The van der Waals surface area contributed by atoms with Crippen molar-refractivity contribution in [3.63, 3.8) is 0 Å². The van der Waals surface area contributed by atoms with E-state index in [1.807, 2.05) is 18.2 Å². The average Bonchev–Trinajstić information content (AvgIpc) is 2.38. The largest absolute Gasteiger partial charge is 0.289 e. The van der Waals surface area contributed by atoms with Gasteiger partial charge in [0, 0.05) is 17.4 Å². The van der Waals surface area contributed by atoms with Gasteiger partial charge in [0.25, 0.3) is 0 Å². The summed E-state index contributed by atoms with van der Waals surface area (Å²) in [6.45, 7) is 0. The SMILES string of the molecule is CS(=O)(=O)c1ccc(C(=O)C2=CCCC=C2)cc1. The Labute approximate surface area is 107 Å². The summed E-state index contributed by atoms with van der Waals surface area (Å²) in [7, 11) is -3.21. The molecule has 0 aliphatic heterocycles. The van der Waals surface area contributed by atoms with Crippen LogP contribution in [0.3, 0.4) is 0 Å². The van der Waals surface area contributed by atoms with Gasteiger partial charge < -0.3 is 0 Å². The van der Waals surface area contributed by atoms with E-state index < -0.39 is 9.84 Å². The summed E-state index contributed by atoms with van der Waals surface area (Å²) in [5.41, 5.74) is 1.19. The number of hydrogen-bond donors (Lipinski definition) is 0. The van der Waals surface area contributed by atoms with Crippen LogP contribution in [-0.4, -0.2) is 20.5 Å². The fraction of sp³-hybridized carbons (Fsp3) is 0.214. The molecule has 0 fully saturated rings. The van der Waals surface area contributed by atoms with Crippen LogP contribution >= 0.6 is 0 Å². The number of Topliss-reactive ketones (excluding diaryl/α,β-unsaturated/α-hetero) is 1. The molecule has 1 aromatic carbocycles. The summed E-state index contributed by atoms with van der Waals surface area (Å²) < 4.78 is 22.6. The van der Waals surface area contributed by atoms with Crippen LogP contribution in [-0.2, 0) is 9.84 Å². The fourth-order valence-electron chi connectivity index (χ4n) is 1.80. The van der Waals surface area contributed by atoms with E-state index in [1.54, 1.807) is 12.1 Å². The van der Waals surface area contributed by atoms with Gasteiger partial charge in [-0.05, 0) is 37.1 Å². The second-order valence-corrected chi connectivity index (χ2v) is 6.28. The highest BCUT2D eigenvalue weighted by Crippen LogP contribution is 2.17. The molecule has 0 saturated heterocycles. The van der Waals surface area contributed by atoms with Crippen LogP contribution in [0.5, 0.6) is 0 Å². The number of rotatable bonds is 3. The van der Waals surface area contributed by atoms with Gasteiger partial charge in [-0.3, -0.25) is 4.79 Å². The number of ketones is 1. The van der Waals surface area contributed by atoms with Gasteiger partial charge in [0.1, 0.15) is 0 Å². The van der Waals surface area contributed by atoms with Crippen molar-refractivity contribution in [3.8, 4) is 0 Å². The lowest BCUT2D eigenvalue weighted by Crippen LogP contribution is -2.04. The van der Waals surface area contributed by atoms with E-state index in [0.29, 0.717) is 11.1 Å². The molecular formula is C14H14O3S. The van der Waals surface area contributed by atoms with E-state index in [0.717, 1.165) is 19.1 Å². The predicted octanol–water partition coefficient (Wildman–Crippen LogP) is 2.55. The van der Waals surface area contributed by atoms with Crippen molar-refractivity contribution in [2.24, 2.45) is 0 Å². The van der Waals surface area contributed by atoms with Crippen molar-refractivity contribution in [1.82, 2.24) is 0 Å². The van der Waals surface area contributed by atoms with Crippen molar-refractivity contribution in [2.75, 3.05) is 6.26 Å². The molecule has 1 aromatic rings. The Morgan fingerprint density at radius 3 is 2.28 bits per heavy atom. The third kappa shape index (κ3) is 2.76. The first-order valence-electron chi connectivity index (χ1n) is 5.70. The third-order valence-corrected chi connectivity index (χ3v) is 3.93. The average molecular weight is 262 g/mol. The minimum absolute atomic E-state index is 0.0639. The summed E-state index contributed by atoms with van der Waals surface area (Å²) in [6.07, 6.45) is 8.68. The van der Waals surface area contributed by atoms with Crippen LogP contribution in [0.1, 0.15) is 23.2 Å². The molecule has 18 heavy (non-hydrogen) atoms. The molecule has 0 bridgehead atoms. The molecule has 0 amide bonds. The monoisotopic (exact) mass is 262 g/mol. The van der Waals surface area contributed by atoms with Crippen LogP contribution in [0.2, 0.25) is 0 Å². The Kier molecular flexibility index (Phi) is 3.48. The molecule has 0 spiro atoms. The Morgan fingerprint density at radius 2 is 1.78 bits per heavy atom. The molecule has 1 aliphatic rings. The van der Waals surface area contributed by atoms with Gasteiger partial charge in [0.2, 0.25) is 0 Å². The molecule has 4 heteroatoms. The molecule has 0 atom stereocenters. The van der Waals surface area contributed by atoms with Gasteiger partial charge in [-0.2, -0.15) is 0 Å². The van der Waals surface area contributed by atoms with Crippen LogP contribution in [0.25, 0.3) is 0 Å². The standard InChI is InChI=1S/C14H14O3S/c1-18(16,17)13-9-7-12(8-10-13)14(15)11-5-3-2-4-6-11/h3,5-10H,2,4H2,1H3. The Morgan fingerprint density at radius 1 is 1.11 bits per heavy atom. The summed E-state index contributed by atoms with van der Waals surface area (Å²) in [5, 5.41) is 0. The molecule has 3 nitrogen and oxygen atoms in total. The Hall–Kier alpha value is -1.68. The topological polar surface area (TPSA) is 51.2 Å². The van der Waals surface area contributed by atoms with Gasteiger partial charge in [0.15, 0.2) is 15.6 Å². The van der Waals surface area contributed by atoms with Crippen molar-refractivity contribution >= 4 is 15.6 Å². The minimum Gasteiger partial charge on any atom is -0.289 e. The zero-order valence-corrected chi connectivity index (χ0v) is 10.9. The number of carbonyl (C=O) groups excluding carboxylic acids is 1. The Balaban J connectivity index is 2.28. The normalized spacial score (nSPS) is 15.3. The van der Waals surface area contributed by atoms with E-state index in [9.17, 15) is 13.2 Å². The maximum Gasteiger partial charge on any atom is 0.192 e. The molecule has 0 heterocycles. The minimum atomic E-state index is -3.21. The van der Waals surface area contributed by atoms with Crippen molar-refractivity contribution in [3.05, 3.63) is 53.6 Å². The summed E-state index contributed by atoms with van der Waals surface area (Å²) in [6, 6.07) is 6.05. The zero-order valence-electron chi connectivity index (χ0n) is 10.1. The van der Waals surface area contributed by atoms with Gasteiger partial charge in [-0.1, -0.05) is 18.2 Å². The maximum absolute atomic E-state index is 12.1. The lowest BCUT2D eigenvalue weighted by atomic mass is 9.98. The first-order valence-corrected chi connectivity index (χ1v) is 7.59. The first kappa shape index (κ1) is 12.8. The summed E-state index contributed by atoms with van der Waals surface area (Å²) in [5.74, 6) is -0.0639. The molecule has 1 aliphatic carbocycles. The van der Waals surface area contributed by atoms with Gasteiger partial charge in [0.05, 0.1) is 4.90 Å². The lowest BCUT2D eigenvalue weighted by Gasteiger charge is -2.06. The zero-order chi connectivity index (χ0) is 13.2. The molecule has 0 saturated carbocycles. The highest BCUT2D eigenvalue weighted by atomic mass is 32.2. The lowest BCUT2D eigenvalue weighted by molar-refractivity contribution is 0.103. The van der Waals surface area contributed by atoms with Crippen molar-refractivity contribution in [1.29, 1.82) is 0 Å². The molecule has 0 unspecified atom stereocenters. The highest BCUT2D eigenvalue weighted by Gasteiger charge is 2.13. The Bertz CT molecular complexity index is 620. The maximum atomic E-state index is 12.1. The number of hydrogen-bond acceptors (Lipinski definition) is 3. The predicted molar refractivity (Wildman–Crippen MR) is 70.3 cm³/mol. The molecule has 0 N–H and O–H groups in total. The first-order chi connectivity index (χ1) is 8.48. The van der Waals surface area contributed by atoms with E-state index in [4.69, 9.17) is 0 Å². The number of benzene rings is 1. The van der Waals surface area contributed by atoms with Gasteiger partial charge in [-0.15, -0.1) is 0 Å². The number of carbonyl (C=O) groups is 1.